The lowest BCUT2D eigenvalue weighted by atomic mass is 10.0. The summed E-state index contributed by atoms with van der Waals surface area (Å²) in [5.74, 6) is -1.58. The van der Waals surface area contributed by atoms with Gasteiger partial charge in [0.2, 0.25) is 23.6 Å². The maximum absolute atomic E-state index is 13.2. The summed E-state index contributed by atoms with van der Waals surface area (Å²) >= 11 is 0. The SMILES string of the molecule is CC(C)[C@H](NC(=O)OCc1ccccc1)C(=O)N1CCCC1C(=O)N[C@H](C=O)C(C)C.CC(C)[C@H](NC(=O)OCc1ccccc1)C(=O)N1CCCC1C(=O)N[C@H](CO)C(C)C. The monoisotopic (exact) mass is 864 g/mol. The highest BCUT2D eigenvalue weighted by Crippen LogP contribution is 2.23. The van der Waals surface area contributed by atoms with Gasteiger partial charge in [0.15, 0.2) is 0 Å². The summed E-state index contributed by atoms with van der Waals surface area (Å²) in [6.07, 6.45) is 1.82. The summed E-state index contributed by atoms with van der Waals surface area (Å²) in [5, 5.41) is 20.4. The van der Waals surface area contributed by atoms with Crippen LogP contribution in [0.2, 0.25) is 0 Å². The lowest BCUT2D eigenvalue weighted by Gasteiger charge is -2.31. The molecule has 2 fully saturated rings. The van der Waals surface area contributed by atoms with E-state index in [4.69, 9.17) is 9.47 Å². The minimum atomic E-state index is -0.816. The van der Waals surface area contributed by atoms with E-state index in [-0.39, 0.29) is 73.2 Å². The van der Waals surface area contributed by atoms with Gasteiger partial charge in [-0.2, -0.15) is 0 Å². The molecule has 16 nitrogen and oxygen atoms in total. The van der Waals surface area contributed by atoms with Crippen LogP contribution in [0.25, 0.3) is 0 Å². The van der Waals surface area contributed by atoms with E-state index < -0.39 is 42.4 Å². The van der Waals surface area contributed by atoms with Crippen molar-refractivity contribution in [3.63, 3.8) is 0 Å². The number of nitrogens with zero attached hydrogens (tertiary/aromatic N) is 2. The Hall–Kier alpha value is -5.51. The van der Waals surface area contributed by atoms with Crippen LogP contribution in [-0.4, -0.2) is 113 Å². The van der Waals surface area contributed by atoms with Crippen molar-refractivity contribution in [1.82, 2.24) is 31.1 Å². The summed E-state index contributed by atoms with van der Waals surface area (Å²) in [7, 11) is 0. The Labute approximate surface area is 366 Å². The van der Waals surface area contributed by atoms with Crippen molar-refractivity contribution in [2.75, 3.05) is 19.7 Å². The van der Waals surface area contributed by atoms with E-state index >= 15 is 0 Å². The molecule has 16 heteroatoms. The van der Waals surface area contributed by atoms with Crippen molar-refractivity contribution in [3.05, 3.63) is 71.8 Å². The minimum absolute atomic E-state index is 0.0449. The van der Waals surface area contributed by atoms with Crippen LogP contribution in [0.3, 0.4) is 0 Å². The Kier molecular flexibility index (Phi) is 20.9. The fraction of sp³-hybridized carbons (Fsp3) is 0.587. The standard InChI is InChI=1S/C23H35N3O5.C23H33N3O5/c2*1-15(2)18(13-27)24-21(28)19-11-8-12-26(19)22(29)20(16(3)4)25-23(30)31-14-17-9-6-5-7-10-17/h5-7,9-10,15-16,18-20,27H,8,11-14H2,1-4H3,(H,24,28)(H,25,30);5-7,9-10,13,15-16,18-20H,8,11-12,14H2,1-4H3,(H,24,28)(H,25,30)/t2*18-,19?,20+/m11/s1. The van der Waals surface area contributed by atoms with Crippen molar-refractivity contribution in [2.24, 2.45) is 23.7 Å². The third-order valence-electron chi connectivity index (χ3n) is 11.0. The number of carbonyl (C=O) groups excluding carboxylic acids is 7. The van der Waals surface area contributed by atoms with E-state index in [0.29, 0.717) is 45.1 Å². The van der Waals surface area contributed by atoms with Gasteiger partial charge in [0.05, 0.1) is 18.7 Å². The van der Waals surface area contributed by atoms with Crippen molar-refractivity contribution < 1.29 is 48.1 Å². The molecule has 2 aliphatic heterocycles. The first-order valence-electron chi connectivity index (χ1n) is 21.7. The molecule has 0 aliphatic carbocycles. The molecule has 342 valence electrons. The molecule has 2 heterocycles. The first kappa shape index (κ1) is 50.8. The lowest BCUT2D eigenvalue weighted by molar-refractivity contribution is -0.141. The summed E-state index contributed by atoms with van der Waals surface area (Å²) in [6, 6.07) is 14.7. The van der Waals surface area contributed by atoms with Crippen molar-refractivity contribution in [1.29, 1.82) is 0 Å². The second-order valence-corrected chi connectivity index (χ2v) is 17.2. The zero-order valence-corrected chi connectivity index (χ0v) is 37.5. The van der Waals surface area contributed by atoms with E-state index in [1.54, 1.807) is 0 Å². The highest BCUT2D eigenvalue weighted by molar-refractivity contribution is 5.93. The minimum Gasteiger partial charge on any atom is -0.445 e. The smallest absolute Gasteiger partial charge is 0.408 e. The van der Waals surface area contributed by atoms with E-state index in [1.807, 2.05) is 116 Å². The number of likely N-dealkylation sites (tertiary alicyclic amines) is 2. The first-order chi connectivity index (χ1) is 29.5. The van der Waals surface area contributed by atoms with Crippen LogP contribution in [0.4, 0.5) is 9.59 Å². The maximum Gasteiger partial charge on any atom is 0.408 e. The van der Waals surface area contributed by atoms with Gasteiger partial charge >= 0.3 is 12.2 Å². The van der Waals surface area contributed by atoms with E-state index in [9.17, 15) is 38.7 Å². The first-order valence-corrected chi connectivity index (χ1v) is 21.7. The molecular formula is C46H68N6O10. The van der Waals surface area contributed by atoms with Gasteiger partial charge in [-0.1, -0.05) is 116 Å². The number of hydrogen-bond donors (Lipinski definition) is 5. The number of hydrogen-bond acceptors (Lipinski definition) is 10. The van der Waals surface area contributed by atoms with Crippen LogP contribution in [0.1, 0.15) is 92.2 Å². The quantitative estimate of drug-likeness (QED) is 0.134. The number of aliphatic hydroxyl groups is 1. The number of nitrogens with one attached hydrogen (secondary N) is 4. The molecule has 62 heavy (non-hydrogen) atoms. The number of alkyl carbamates (subject to hydrolysis) is 2. The van der Waals surface area contributed by atoms with Crippen LogP contribution in [0, 0.1) is 23.7 Å². The number of rotatable bonds is 18. The zero-order valence-electron chi connectivity index (χ0n) is 37.5. The predicted octanol–water partition coefficient (Wildman–Crippen LogP) is 4.33. The van der Waals surface area contributed by atoms with Crippen molar-refractivity contribution in [2.45, 2.75) is 131 Å². The molecule has 4 rings (SSSR count). The number of aldehydes is 1. The summed E-state index contributed by atoms with van der Waals surface area (Å²) < 4.78 is 10.5. The molecule has 2 aliphatic rings. The van der Waals surface area contributed by atoms with Gasteiger partial charge in [0.25, 0.3) is 0 Å². The fourth-order valence-corrected chi connectivity index (χ4v) is 7.09. The molecule has 2 aromatic carbocycles. The Balaban J connectivity index is 0.000000330. The third kappa shape index (κ3) is 15.4. The third-order valence-corrected chi connectivity index (χ3v) is 11.0. The molecule has 5 N–H and O–H groups in total. The van der Waals surface area contributed by atoms with Crippen LogP contribution < -0.4 is 21.3 Å². The van der Waals surface area contributed by atoms with Crippen LogP contribution >= 0.6 is 0 Å². The molecule has 2 saturated heterocycles. The largest absolute Gasteiger partial charge is 0.445 e. The molecule has 0 aromatic heterocycles. The van der Waals surface area contributed by atoms with Gasteiger partial charge < -0.3 is 50.4 Å². The molecule has 0 radical (unpaired) electrons. The summed E-state index contributed by atoms with van der Waals surface area (Å²) in [6.45, 7) is 15.8. The average molecular weight is 865 g/mol. The summed E-state index contributed by atoms with van der Waals surface area (Å²) in [5.41, 5.74) is 1.70. The Morgan fingerprint density at radius 2 is 1.02 bits per heavy atom. The number of carbonyl (C=O) groups is 7. The number of ether oxygens (including phenoxy) is 2. The van der Waals surface area contributed by atoms with Crippen molar-refractivity contribution in [3.8, 4) is 0 Å². The summed E-state index contributed by atoms with van der Waals surface area (Å²) in [4.78, 5) is 90.8. The van der Waals surface area contributed by atoms with Gasteiger partial charge in [-0.05, 0) is 60.5 Å². The predicted molar refractivity (Wildman–Crippen MR) is 233 cm³/mol. The molecule has 6 atom stereocenters. The van der Waals surface area contributed by atoms with Crippen molar-refractivity contribution >= 4 is 42.1 Å². The van der Waals surface area contributed by atoms with Crippen LogP contribution in [-0.2, 0) is 46.7 Å². The van der Waals surface area contributed by atoms with Crippen LogP contribution in [0.5, 0.6) is 0 Å². The lowest BCUT2D eigenvalue weighted by Crippen LogP contribution is -2.56. The van der Waals surface area contributed by atoms with Gasteiger partial charge in [0.1, 0.15) is 43.7 Å². The number of aliphatic hydroxyl groups excluding tert-OH is 1. The van der Waals surface area contributed by atoms with Gasteiger partial charge in [-0.25, -0.2) is 9.59 Å². The molecule has 2 unspecified atom stereocenters. The normalized spacial score (nSPS) is 18.0. The second kappa shape index (κ2) is 25.4. The molecule has 6 amide bonds. The van der Waals surface area contributed by atoms with Gasteiger partial charge in [-0.3, -0.25) is 19.2 Å². The highest BCUT2D eigenvalue weighted by Gasteiger charge is 2.41. The molecule has 0 bridgehead atoms. The Morgan fingerprint density at radius 1 is 0.613 bits per heavy atom. The molecule has 2 aromatic rings. The Bertz CT molecular complexity index is 1760. The Morgan fingerprint density at radius 3 is 1.35 bits per heavy atom. The topological polar surface area (TPSA) is 213 Å². The average Bonchev–Trinajstić information content (AvgIpc) is 3.96. The number of amides is 6. The zero-order chi connectivity index (χ0) is 45.9. The van der Waals surface area contributed by atoms with Gasteiger partial charge in [-0.15, -0.1) is 0 Å². The van der Waals surface area contributed by atoms with E-state index in [2.05, 4.69) is 21.3 Å². The van der Waals surface area contributed by atoms with Crippen LogP contribution in [0.15, 0.2) is 60.7 Å². The molecule has 0 spiro atoms. The van der Waals surface area contributed by atoms with Gasteiger partial charge in [0, 0.05) is 13.1 Å². The molecule has 0 saturated carbocycles. The number of benzene rings is 2. The highest BCUT2D eigenvalue weighted by atomic mass is 16.6. The fourth-order valence-electron chi connectivity index (χ4n) is 7.09. The maximum atomic E-state index is 13.2. The molecular weight excluding hydrogens is 797 g/mol. The second-order valence-electron chi connectivity index (χ2n) is 17.2. The van der Waals surface area contributed by atoms with E-state index in [1.165, 1.54) is 9.80 Å². The van der Waals surface area contributed by atoms with E-state index in [0.717, 1.165) is 11.1 Å².